The Bertz CT molecular complexity index is 3220. The maximum Gasteiger partial charge on any atom is 0.161 e. The van der Waals surface area contributed by atoms with E-state index >= 15 is 0 Å². The molecule has 0 atom stereocenters. The summed E-state index contributed by atoms with van der Waals surface area (Å²) in [7, 11) is 0. The number of ether oxygens (including phenoxy) is 1. The van der Waals surface area contributed by atoms with Gasteiger partial charge in [0, 0.05) is 45.0 Å². The molecule has 8 aromatic carbocycles. The van der Waals surface area contributed by atoms with Gasteiger partial charge in [-0.15, -0.1) is 0 Å². The lowest BCUT2D eigenvalue weighted by molar-refractivity contribution is 0.436. The molecule has 0 saturated carbocycles. The second kappa shape index (κ2) is 12.7. The Kier molecular flexibility index (Phi) is 7.11. The highest BCUT2D eigenvalue weighted by molar-refractivity contribution is 6.06. The van der Waals surface area contributed by atoms with Gasteiger partial charge in [0.05, 0.1) is 22.3 Å². The van der Waals surface area contributed by atoms with Crippen LogP contribution >= 0.6 is 0 Å². The summed E-state index contributed by atoms with van der Waals surface area (Å²) >= 11 is 0. The number of hydrogen-bond acceptors (Lipinski definition) is 4. The van der Waals surface area contributed by atoms with Crippen molar-refractivity contribution in [1.29, 1.82) is 0 Å². The van der Waals surface area contributed by atoms with Crippen LogP contribution in [0.15, 0.2) is 200 Å². The highest BCUT2D eigenvalue weighted by Crippen LogP contribution is 2.64. The topological polar surface area (TPSA) is 47.9 Å². The van der Waals surface area contributed by atoms with Crippen LogP contribution in [0.1, 0.15) is 22.3 Å². The number of aromatic nitrogens is 3. The molecule has 270 valence electrons. The second-order valence-corrected chi connectivity index (χ2v) is 15.0. The number of benzene rings is 8. The molecule has 2 aromatic heterocycles. The molecule has 0 bridgehead atoms. The van der Waals surface area contributed by atoms with Gasteiger partial charge in [-0.1, -0.05) is 170 Å². The molecule has 3 heterocycles. The van der Waals surface area contributed by atoms with Gasteiger partial charge in [0.2, 0.25) is 0 Å². The zero-order valence-electron chi connectivity index (χ0n) is 31.3. The average Bonchev–Trinajstić information content (AvgIpc) is 3.60. The molecule has 4 nitrogen and oxygen atoms in total. The minimum atomic E-state index is -0.685. The molecule has 0 radical (unpaired) electrons. The Morgan fingerprint density at radius 1 is 0.397 bits per heavy atom. The number of fused-ring (bicyclic) bond motifs is 11. The zero-order chi connectivity index (χ0) is 38.2. The van der Waals surface area contributed by atoms with E-state index in [2.05, 4.69) is 182 Å². The van der Waals surface area contributed by atoms with Crippen LogP contribution in [0.3, 0.4) is 0 Å². The summed E-state index contributed by atoms with van der Waals surface area (Å²) in [5.41, 5.74) is 14.1. The quantitative estimate of drug-likeness (QED) is 0.180. The van der Waals surface area contributed by atoms with Crippen molar-refractivity contribution in [2.24, 2.45) is 0 Å². The summed E-state index contributed by atoms with van der Waals surface area (Å²) < 4.78 is 6.71. The van der Waals surface area contributed by atoms with Crippen LogP contribution < -0.4 is 4.74 Å². The Hall–Kier alpha value is -7.69. The SMILES string of the molecule is c1ccc(-c2cc(-c3cccc4ccccc34)nc(-c3cccc4c3-c3c(-c5cccc6cccnc56)cccc3C43c4ccccc4Oc4ccccc43)n2)cc1. The van der Waals surface area contributed by atoms with Gasteiger partial charge < -0.3 is 4.74 Å². The lowest BCUT2D eigenvalue weighted by atomic mass is 9.66. The lowest BCUT2D eigenvalue weighted by Gasteiger charge is -2.39. The zero-order valence-corrected chi connectivity index (χ0v) is 31.3. The molecule has 0 fully saturated rings. The van der Waals surface area contributed by atoms with Crippen molar-refractivity contribution in [1.82, 2.24) is 15.0 Å². The highest BCUT2D eigenvalue weighted by atomic mass is 16.5. The fourth-order valence-electron chi connectivity index (χ4n) is 9.63. The Balaban J connectivity index is 1.23. The van der Waals surface area contributed by atoms with E-state index in [0.717, 1.165) is 89.2 Å². The molecule has 0 amide bonds. The van der Waals surface area contributed by atoms with Gasteiger partial charge in [-0.3, -0.25) is 4.98 Å². The van der Waals surface area contributed by atoms with Crippen LogP contribution in [-0.4, -0.2) is 15.0 Å². The minimum absolute atomic E-state index is 0.670. The van der Waals surface area contributed by atoms with E-state index in [1.165, 1.54) is 16.5 Å². The first-order valence-electron chi connectivity index (χ1n) is 19.7. The van der Waals surface area contributed by atoms with Crippen LogP contribution in [0.25, 0.3) is 77.8 Å². The van der Waals surface area contributed by atoms with Gasteiger partial charge in [0.15, 0.2) is 5.82 Å². The molecule has 1 spiro atoms. The van der Waals surface area contributed by atoms with Gasteiger partial charge in [-0.25, -0.2) is 9.97 Å². The number of hydrogen-bond donors (Lipinski definition) is 0. The van der Waals surface area contributed by atoms with Crippen LogP contribution in [0.2, 0.25) is 0 Å². The summed E-state index contributed by atoms with van der Waals surface area (Å²) in [6.07, 6.45) is 1.89. The fourth-order valence-corrected chi connectivity index (χ4v) is 9.63. The molecular formula is C54H33N3O. The summed E-state index contributed by atoms with van der Waals surface area (Å²) in [5, 5.41) is 3.42. The third-order valence-corrected chi connectivity index (χ3v) is 12.0. The van der Waals surface area contributed by atoms with Gasteiger partial charge in [-0.2, -0.15) is 0 Å². The monoisotopic (exact) mass is 739 g/mol. The third-order valence-electron chi connectivity index (χ3n) is 12.0. The van der Waals surface area contributed by atoms with Crippen LogP contribution in [0, 0.1) is 0 Å². The van der Waals surface area contributed by atoms with Crippen molar-refractivity contribution in [2.45, 2.75) is 5.41 Å². The Labute approximate surface area is 335 Å². The summed E-state index contributed by atoms with van der Waals surface area (Å²) in [4.78, 5) is 15.9. The van der Waals surface area contributed by atoms with Crippen molar-refractivity contribution in [3.8, 4) is 67.7 Å². The van der Waals surface area contributed by atoms with E-state index in [4.69, 9.17) is 19.7 Å². The Morgan fingerprint density at radius 3 is 1.74 bits per heavy atom. The number of para-hydroxylation sites is 3. The molecule has 0 N–H and O–H groups in total. The third kappa shape index (κ3) is 4.66. The highest BCUT2D eigenvalue weighted by Gasteiger charge is 2.52. The van der Waals surface area contributed by atoms with E-state index in [1.807, 2.05) is 18.3 Å². The molecular weight excluding hydrogens is 707 g/mol. The fraction of sp³-hybridized carbons (Fsp3) is 0.0185. The van der Waals surface area contributed by atoms with E-state index < -0.39 is 5.41 Å². The molecule has 58 heavy (non-hydrogen) atoms. The predicted molar refractivity (Wildman–Crippen MR) is 234 cm³/mol. The largest absolute Gasteiger partial charge is 0.457 e. The second-order valence-electron chi connectivity index (χ2n) is 15.0. The number of pyridine rings is 1. The summed E-state index contributed by atoms with van der Waals surface area (Å²) in [6.45, 7) is 0. The van der Waals surface area contributed by atoms with Crippen molar-refractivity contribution in [3.05, 3.63) is 223 Å². The predicted octanol–water partition coefficient (Wildman–Crippen LogP) is 13.3. The van der Waals surface area contributed by atoms with Crippen molar-refractivity contribution >= 4 is 21.7 Å². The lowest BCUT2D eigenvalue weighted by Crippen LogP contribution is -2.32. The molecule has 1 aliphatic carbocycles. The maximum atomic E-state index is 6.71. The van der Waals surface area contributed by atoms with Crippen molar-refractivity contribution in [2.75, 3.05) is 0 Å². The first-order chi connectivity index (χ1) is 28.8. The van der Waals surface area contributed by atoms with Crippen LogP contribution in [0.4, 0.5) is 0 Å². The number of rotatable bonds is 4. The summed E-state index contributed by atoms with van der Waals surface area (Å²) in [6, 6.07) is 68.6. The standard InChI is InChI=1S/C54H33N3O/c1-2-16-35(17-3-1)46-33-47(38-22-10-18-34-15-4-5-21-37(34)38)57-53(56-46)41-25-13-29-45-51(41)50-39(40-24-11-19-36-20-14-32-55-52(36)40)23-12-28-44(50)54(45)42-26-6-8-30-48(42)58-49-31-9-7-27-43(49)54/h1-33H. The first-order valence-corrected chi connectivity index (χ1v) is 19.7. The van der Waals surface area contributed by atoms with Crippen molar-refractivity contribution < 1.29 is 4.74 Å². The number of nitrogens with zero attached hydrogens (tertiary/aromatic N) is 3. The van der Waals surface area contributed by atoms with Crippen molar-refractivity contribution in [3.63, 3.8) is 0 Å². The van der Waals surface area contributed by atoms with E-state index in [-0.39, 0.29) is 0 Å². The van der Waals surface area contributed by atoms with Gasteiger partial charge in [-0.05, 0) is 62.9 Å². The first kappa shape index (κ1) is 32.5. The molecule has 1 aliphatic heterocycles. The van der Waals surface area contributed by atoms with Crippen LogP contribution in [0.5, 0.6) is 11.5 Å². The molecule has 2 aliphatic rings. The average molecular weight is 740 g/mol. The van der Waals surface area contributed by atoms with E-state index in [9.17, 15) is 0 Å². The Morgan fingerprint density at radius 2 is 0.948 bits per heavy atom. The van der Waals surface area contributed by atoms with Gasteiger partial charge >= 0.3 is 0 Å². The smallest absolute Gasteiger partial charge is 0.161 e. The van der Waals surface area contributed by atoms with Gasteiger partial charge in [0.25, 0.3) is 0 Å². The van der Waals surface area contributed by atoms with Crippen LogP contribution in [-0.2, 0) is 5.41 Å². The minimum Gasteiger partial charge on any atom is -0.457 e. The normalized spacial score (nSPS) is 13.1. The maximum absolute atomic E-state index is 6.71. The molecule has 0 unspecified atom stereocenters. The van der Waals surface area contributed by atoms with E-state index in [0.29, 0.717) is 5.82 Å². The molecule has 4 heteroatoms. The van der Waals surface area contributed by atoms with E-state index in [1.54, 1.807) is 0 Å². The molecule has 10 aromatic rings. The molecule has 0 saturated heterocycles. The molecule has 12 rings (SSSR count). The van der Waals surface area contributed by atoms with Gasteiger partial charge in [0.1, 0.15) is 11.5 Å². The summed E-state index contributed by atoms with van der Waals surface area (Å²) in [5.74, 6) is 2.37.